The Kier molecular flexibility index (Phi) is 6.02. The summed E-state index contributed by atoms with van der Waals surface area (Å²) < 4.78 is 4.56. The molecular weight excluding hydrogens is 581 g/mol. The molecule has 46 heavy (non-hydrogen) atoms. The lowest BCUT2D eigenvalue weighted by molar-refractivity contribution is 1.18. The fourth-order valence-electron chi connectivity index (χ4n) is 6.59. The van der Waals surface area contributed by atoms with E-state index in [4.69, 9.17) is 9.97 Å². The van der Waals surface area contributed by atoms with Crippen molar-refractivity contribution in [1.82, 2.24) is 14.5 Å². The van der Waals surface area contributed by atoms with E-state index in [2.05, 4.69) is 114 Å². The van der Waals surface area contributed by atoms with Crippen molar-refractivity contribution in [2.45, 2.75) is 0 Å². The molecule has 0 N–H and O–H groups in total. The predicted octanol–water partition coefficient (Wildman–Crippen LogP) is 10.8. The van der Waals surface area contributed by atoms with Gasteiger partial charge in [-0.25, -0.2) is 9.97 Å². The normalized spacial score (nSPS) is 11.5. The van der Waals surface area contributed by atoms with E-state index in [1.807, 2.05) is 42.5 Å². The summed E-state index contributed by atoms with van der Waals surface area (Å²) in [4.78, 5) is 10.3. The Morgan fingerprint density at radius 2 is 1.26 bits per heavy atom. The van der Waals surface area contributed by atoms with Crippen molar-refractivity contribution in [3.63, 3.8) is 0 Å². The fourth-order valence-corrected chi connectivity index (χ4v) is 7.77. The van der Waals surface area contributed by atoms with Crippen LogP contribution >= 0.6 is 11.3 Å². The van der Waals surface area contributed by atoms with Crippen molar-refractivity contribution in [3.8, 4) is 45.5 Å². The van der Waals surface area contributed by atoms with Crippen LogP contribution < -0.4 is 0 Å². The summed E-state index contributed by atoms with van der Waals surface area (Å²) in [6, 6.07) is 52.6. The summed E-state index contributed by atoms with van der Waals surface area (Å²) in [5.41, 5.74) is 9.99. The minimum Gasteiger partial charge on any atom is -0.309 e. The lowest BCUT2D eigenvalue weighted by atomic mass is 10.00. The van der Waals surface area contributed by atoms with Crippen LogP contribution in [0.25, 0.3) is 81.6 Å². The zero-order chi connectivity index (χ0) is 30.6. The second-order valence-corrected chi connectivity index (χ2v) is 12.4. The molecule has 3 heterocycles. The first kappa shape index (κ1) is 26.3. The molecule has 9 aromatic rings. The largest absolute Gasteiger partial charge is 0.309 e. The van der Waals surface area contributed by atoms with E-state index in [0.29, 0.717) is 11.4 Å². The van der Waals surface area contributed by atoms with Gasteiger partial charge in [-0.05, 0) is 53.6 Å². The number of thiophene rings is 1. The number of aromatic nitrogens is 3. The maximum Gasteiger partial charge on any atom is 0.160 e. The Morgan fingerprint density at radius 1 is 0.587 bits per heavy atom. The molecule has 0 spiro atoms. The highest BCUT2D eigenvalue weighted by molar-refractivity contribution is 7.26. The third-order valence-electron chi connectivity index (χ3n) is 8.63. The molecule has 0 aliphatic heterocycles. The van der Waals surface area contributed by atoms with Gasteiger partial charge < -0.3 is 4.57 Å². The SMILES string of the molecule is N#Cc1cccc(-c2nc(-c3ccccc3)c3sc4cccc(-c5cccc(-n6c7ccccc7c7ccccc76)c5)c4c3n2)c1. The van der Waals surface area contributed by atoms with Crippen molar-refractivity contribution in [2.75, 3.05) is 0 Å². The molecule has 5 heteroatoms. The molecule has 0 atom stereocenters. The van der Waals surface area contributed by atoms with Crippen LogP contribution in [0.1, 0.15) is 5.56 Å². The second-order valence-electron chi connectivity index (χ2n) is 11.3. The van der Waals surface area contributed by atoms with Crippen LogP contribution in [0.2, 0.25) is 0 Å². The van der Waals surface area contributed by atoms with Crippen LogP contribution in [-0.4, -0.2) is 14.5 Å². The number of benzene rings is 6. The van der Waals surface area contributed by atoms with Gasteiger partial charge >= 0.3 is 0 Å². The molecule has 0 aliphatic carbocycles. The van der Waals surface area contributed by atoms with E-state index >= 15 is 0 Å². The van der Waals surface area contributed by atoms with E-state index in [1.54, 1.807) is 11.3 Å². The van der Waals surface area contributed by atoms with Crippen molar-refractivity contribution < 1.29 is 0 Å². The summed E-state index contributed by atoms with van der Waals surface area (Å²) in [6.45, 7) is 0. The molecule has 6 aromatic carbocycles. The number of nitrogens with zero attached hydrogens (tertiary/aromatic N) is 4. The lowest BCUT2D eigenvalue weighted by Crippen LogP contribution is -1.95. The van der Waals surface area contributed by atoms with Gasteiger partial charge in [-0.2, -0.15) is 5.26 Å². The van der Waals surface area contributed by atoms with Crippen LogP contribution in [0.3, 0.4) is 0 Å². The zero-order valence-corrected chi connectivity index (χ0v) is 25.4. The first-order chi connectivity index (χ1) is 22.8. The Bertz CT molecular complexity index is 2610. The molecule has 0 amide bonds. The molecule has 0 aliphatic rings. The number of nitriles is 1. The first-order valence-electron chi connectivity index (χ1n) is 15.1. The standard InChI is InChI=1S/C41H24N4S/c42-25-26-11-8-15-29(23-26)41-43-38(27-12-2-1-3-13-27)40-39(44-41)37-31(19-10-22-36(37)46-40)28-14-9-16-30(24-28)45-34-20-6-4-17-32(34)33-18-5-7-21-35(33)45/h1-24H. The zero-order valence-electron chi connectivity index (χ0n) is 24.6. The van der Waals surface area contributed by atoms with Crippen molar-refractivity contribution in [3.05, 3.63) is 151 Å². The molecule has 9 rings (SSSR count). The van der Waals surface area contributed by atoms with Crippen molar-refractivity contribution in [2.24, 2.45) is 0 Å². The summed E-state index contributed by atoms with van der Waals surface area (Å²) in [5, 5.41) is 13.2. The van der Waals surface area contributed by atoms with Gasteiger partial charge in [-0.15, -0.1) is 11.3 Å². The fraction of sp³-hybridized carbons (Fsp3) is 0. The average Bonchev–Trinajstić information content (AvgIpc) is 3.68. The van der Waals surface area contributed by atoms with Gasteiger partial charge in [0.15, 0.2) is 5.82 Å². The summed E-state index contributed by atoms with van der Waals surface area (Å²) in [6.07, 6.45) is 0. The van der Waals surface area contributed by atoms with Gasteiger partial charge in [0, 0.05) is 37.7 Å². The first-order valence-corrected chi connectivity index (χ1v) is 16.0. The average molecular weight is 605 g/mol. The number of hydrogen-bond donors (Lipinski definition) is 0. The van der Waals surface area contributed by atoms with Gasteiger partial charge in [-0.1, -0.05) is 103 Å². The van der Waals surface area contributed by atoms with E-state index in [-0.39, 0.29) is 0 Å². The molecule has 0 saturated heterocycles. The number of rotatable bonds is 4. The highest BCUT2D eigenvalue weighted by Gasteiger charge is 2.20. The van der Waals surface area contributed by atoms with E-state index < -0.39 is 0 Å². The second kappa shape index (κ2) is 10.5. The Balaban J connectivity index is 1.31. The number of hydrogen-bond acceptors (Lipinski definition) is 4. The third kappa shape index (κ3) is 4.12. The maximum atomic E-state index is 9.60. The van der Waals surface area contributed by atoms with Crippen LogP contribution in [0.4, 0.5) is 0 Å². The van der Waals surface area contributed by atoms with E-state index in [9.17, 15) is 5.26 Å². The van der Waals surface area contributed by atoms with Gasteiger partial charge in [0.25, 0.3) is 0 Å². The molecule has 0 bridgehead atoms. The van der Waals surface area contributed by atoms with Crippen LogP contribution in [-0.2, 0) is 0 Å². The lowest BCUT2D eigenvalue weighted by Gasteiger charge is -2.11. The van der Waals surface area contributed by atoms with Crippen molar-refractivity contribution >= 4 is 53.4 Å². The monoisotopic (exact) mass is 604 g/mol. The third-order valence-corrected chi connectivity index (χ3v) is 9.78. The smallest absolute Gasteiger partial charge is 0.160 e. The Hall–Kier alpha value is -6.09. The Morgan fingerprint density at radius 3 is 2.04 bits per heavy atom. The summed E-state index contributed by atoms with van der Waals surface area (Å²) >= 11 is 1.73. The Labute approximate surface area is 269 Å². The molecule has 3 aromatic heterocycles. The molecule has 214 valence electrons. The number of para-hydroxylation sites is 2. The van der Waals surface area contributed by atoms with Crippen LogP contribution in [0.5, 0.6) is 0 Å². The highest BCUT2D eigenvalue weighted by Crippen LogP contribution is 2.44. The minimum absolute atomic E-state index is 0.584. The maximum absolute atomic E-state index is 9.60. The molecule has 0 fully saturated rings. The molecule has 0 saturated carbocycles. The molecular formula is C41H24N4S. The quantitative estimate of drug-likeness (QED) is 0.201. The van der Waals surface area contributed by atoms with Gasteiger partial charge in [0.2, 0.25) is 0 Å². The highest BCUT2D eigenvalue weighted by atomic mass is 32.1. The van der Waals surface area contributed by atoms with Crippen molar-refractivity contribution in [1.29, 1.82) is 5.26 Å². The van der Waals surface area contributed by atoms with Gasteiger partial charge in [0.05, 0.1) is 38.6 Å². The van der Waals surface area contributed by atoms with Crippen LogP contribution in [0.15, 0.2) is 146 Å². The van der Waals surface area contributed by atoms with Gasteiger partial charge in [-0.3, -0.25) is 0 Å². The van der Waals surface area contributed by atoms with E-state index in [0.717, 1.165) is 53.9 Å². The van der Waals surface area contributed by atoms with E-state index in [1.165, 1.54) is 21.8 Å². The molecule has 0 unspecified atom stereocenters. The predicted molar refractivity (Wildman–Crippen MR) is 190 cm³/mol. The summed E-state index contributed by atoms with van der Waals surface area (Å²) in [5.74, 6) is 0.608. The summed E-state index contributed by atoms with van der Waals surface area (Å²) in [7, 11) is 0. The van der Waals surface area contributed by atoms with Crippen LogP contribution in [0, 0.1) is 11.3 Å². The van der Waals surface area contributed by atoms with Gasteiger partial charge in [0.1, 0.15) is 0 Å². The minimum atomic E-state index is 0.584. The molecule has 0 radical (unpaired) electrons. The molecule has 4 nitrogen and oxygen atoms in total. The topological polar surface area (TPSA) is 54.5 Å². The number of fused-ring (bicyclic) bond motifs is 6.